The molecule has 0 aliphatic rings. The van der Waals surface area contributed by atoms with Crippen LogP contribution in [0.3, 0.4) is 0 Å². The van der Waals surface area contributed by atoms with Crippen molar-refractivity contribution < 1.29 is 13.2 Å². The summed E-state index contributed by atoms with van der Waals surface area (Å²) in [4.78, 5) is 16.5. The third kappa shape index (κ3) is 6.90. The Morgan fingerprint density at radius 1 is 1.00 bits per heavy atom. The average molecular weight is 505 g/mol. The minimum atomic E-state index is -3.85. The van der Waals surface area contributed by atoms with Crippen molar-refractivity contribution in [2.24, 2.45) is 5.92 Å². The van der Waals surface area contributed by atoms with Gasteiger partial charge in [0.15, 0.2) is 0 Å². The molecule has 1 aromatic heterocycles. The fourth-order valence-electron chi connectivity index (χ4n) is 3.44. The molecule has 0 fully saturated rings. The van der Waals surface area contributed by atoms with Crippen molar-refractivity contribution >= 4 is 38.9 Å². The quantitative estimate of drug-likeness (QED) is 0.362. The van der Waals surface area contributed by atoms with Gasteiger partial charge in [0, 0.05) is 23.0 Å². The zero-order chi connectivity index (χ0) is 24.0. The molecule has 0 spiro atoms. The number of hydrogen-bond acceptors (Lipinski definition) is 4. The van der Waals surface area contributed by atoms with E-state index in [1.165, 1.54) is 16.4 Å². The number of thiophene rings is 1. The highest BCUT2D eigenvalue weighted by molar-refractivity contribution is 7.89. The fraction of sp³-hybridized carbons (Fsp3) is 0.320. The second-order valence-corrected chi connectivity index (χ2v) is 11.8. The van der Waals surface area contributed by atoms with E-state index in [1.807, 2.05) is 62.5 Å². The van der Waals surface area contributed by atoms with Crippen LogP contribution in [0.1, 0.15) is 29.9 Å². The Balaban J connectivity index is 1.88. The van der Waals surface area contributed by atoms with E-state index in [0.29, 0.717) is 18.1 Å². The number of hydrogen-bond donors (Lipinski definition) is 0. The largest absolute Gasteiger partial charge is 0.332 e. The average Bonchev–Trinajstić information content (AvgIpc) is 3.18. The van der Waals surface area contributed by atoms with Crippen LogP contribution in [-0.4, -0.2) is 36.6 Å². The van der Waals surface area contributed by atoms with Gasteiger partial charge in [0.25, 0.3) is 0 Å². The molecule has 0 aliphatic heterocycles. The van der Waals surface area contributed by atoms with Gasteiger partial charge in [-0.15, -0.1) is 11.3 Å². The van der Waals surface area contributed by atoms with Crippen LogP contribution in [0, 0.1) is 12.8 Å². The molecule has 1 heterocycles. The van der Waals surface area contributed by atoms with Crippen LogP contribution in [0.4, 0.5) is 0 Å². The molecule has 1 amide bonds. The molecule has 176 valence electrons. The third-order valence-corrected chi connectivity index (χ3v) is 8.29. The number of sulfonamides is 1. The zero-order valence-electron chi connectivity index (χ0n) is 19.1. The summed E-state index contributed by atoms with van der Waals surface area (Å²) in [5.41, 5.74) is 2.12. The minimum absolute atomic E-state index is 0.0574. The van der Waals surface area contributed by atoms with Gasteiger partial charge in [-0.1, -0.05) is 55.8 Å². The summed E-state index contributed by atoms with van der Waals surface area (Å²) in [6.07, 6.45) is 0. The molecule has 5 nitrogen and oxygen atoms in total. The standard InChI is InChI=1S/C25H29ClN2O3S2/c1-19(2)15-28(33(30,31)23-11-9-22(26)10-12-23)18-25(29)27(16-21-7-5-4-6-8-21)17-24-20(3)13-14-32-24/h4-14,19H,15-18H2,1-3H3. The van der Waals surface area contributed by atoms with Crippen molar-refractivity contribution in [2.75, 3.05) is 13.1 Å². The molecule has 8 heteroatoms. The first-order valence-electron chi connectivity index (χ1n) is 10.8. The maximum absolute atomic E-state index is 13.5. The molecule has 3 rings (SSSR count). The summed E-state index contributed by atoms with van der Waals surface area (Å²) in [6, 6.07) is 17.8. The Labute approximate surface area is 205 Å². The summed E-state index contributed by atoms with van der Waals surface area (Å²) >= 11 is 7.54. The number of rotatable bonds is 10. The van der Waals surface area contributed by atoms with Gasteiger partial charge in [-0.3, -0.25) is 4.79 Å². The molecule has 0 saturated heterocycles. The number of amides is 1. The lowest BCUT2D eigenvalue weighted by Crippen LogP contribution is -2.43. The van der Waals surface area contributed by atoms with Gasteiger partial charge in [0.2, 0.25) is 15.9 Å². The number of carbonyl (C=O) groups is 1. The highest BCUT2D eigenvalue weighted by Crippen LogP contribution is 2.22. The lowest BCUT2D eigenvalue weighted by atomic mass is 10.2. The van der Waals surface area contributed by atoms with Crippen LogP contribution in [0.25, 0.3) is 0 Å². The summed E-state index contributed by atoms with van der Waals surface area (Å²) in [6.45, 7) is 6.76. The lowest BCUT2D eigenvalue weighted by Gasteiger charge is -2.28. The molecule has 0 atom stereocenters. The Bertz CT molecular complexity index is 1160. The van der Waals surface area contributed by atoms with Crippen molar-refractivity contribution in [2.45, 2.75) is 38.8 Å². The van der Waals surface area contributed by atoms with Gasteiger partial charge < -0.3 is 4.90 Å². The van der Waals surface area contributed by atoms with E-state index in [2.05, 4.69) is 0 Å². The molecule has 0 N–H and O–H groups in total. The second kappa shape index (κ2) is 11.3. The van der Waals surface area contributed by atoms with Crippen molar-refractivity contribution in [1.82, 2.24) is 9.21 Å². The van der Waals surface area contributed by atoms with E-state index in [9.17, 15) is 13.2 Å². The normalized spacial score (nSPS) is 11.8. The molecule has 3 aromatic rings. The van der Waals surface area contributed by atoms with Crippen LogP contribution in [0.5, 0.6) is 0 Å². The Hall–Kier alpha value is -2.19. The van der Waals surface area contributed by atoms with Gasteiger partial charge in [0.05, 0.1) is 18.0 Å². The smallest absolute Gasteiger partial charge is 0.243 e. The van der Waals surface area contributed by atoms with E-state index in [0.717, 1.165) is 16.0 Å². The van der Waals surface area contributed by atoms with E-state index >= 15 is 0 Å². The van der Waals surface area contributed by atoms with E-state index in [4.69, 9.17) is 11.6 Å². The molecule has 0 bridgehead atoms. The van der Waals surface area contributed by atoms with Crippen molar-refractivity contribution in [3.63, 3.8) is 0 Å². The number of nitrogens with zero attached hydrogens (tertiary/aromatic N) is 2. The number of halogens is 1. The first-order chi connectivity index (χ1) is 15.7. The fourth-order valence-corrected chi connectivity index (χ4v) is 6.04. The monoisotopic (exact) mass is 504 g/mol. The Kier molecular flexibility index (Phi) is 8.70. The van der Waals surface area contributed by atoms with E-state index in [-0.39, 0.29) is 29.8 Å². The summed E-state index contributed by atoms with van der Waals surface area (Å²) < 4.78 is 28.0. The summed E-state index contributed by atoms with van der Waals surface area (Å²) in [5.74, 6) is -0.174. The molecule has 0 aliphatic carbocycles. The molecule has 33 heavy (non-hydrogen) atoms. The van der Waals surface area contributed by atoms with Gasteiger partial charge in [-0.25, -0.2) is 8.42 Å². The predicted octanol–water partition coefficient (Wildman–Crippen LogP) is 5.59. The Morgan fingerprint density at radius 3 is 2.24 bits per heavy atom. The maximum Gasteiger partial charge on any atom is 0.243 e. The molecule has 0 unspecified atom stereocenters. The van der Waals surface area contributed by atoms with Gasteiger partial charge in [-0.2, -0.15) is 4.31 Å². The second-order valence-electron chi connectivity index (χ2n) is 8.41. The topological polar surface area (TPSA) is 57.7 Å². The predicted molar refractivity (Wildman–Crippen MR) is 135 cm³/mol. The van der Waals surface area contributed by atoms with Crippen molar-refractivity contribution in [3.05, 3.63) is 87.1 Å². The highest BCUT2D eigenvalue weighted by atomic mass is 35.5. The van der Waals surface area contributed by atoms with Crippen LogP contribution in [0.2, 0.25) is 5.02 Å². The zero-order valence-corrected chi connectivity index (χ0v) is 21.5. The molecule has 0 radical (unpaired) electrons. The first kappa shape index (κ1) is 25.4. The van der Waals surface area contributed by atoms with Gasteiger partial charge in [0.1, 0.15) is 0 Å². The number of aryl methyl sites for hydroxylation is 1. The summed E-state index contributed by atoms with van der Waals surface area (Å²) in [5, 5.41) is 2.46. The Morgan fingerprint density at radius 2 is 1.67 bits per heavy atom. The minimum Gasteiger partial charge on any atom is -0.332 e. The third-order valence-electron chi connectivity index (χ3n) is 5.20. The van der Waals surface area contributed by atoms with Crippen molar-refractivity contribution in [1.29, 1.82) is 0 Å². The first-order valence-corrected chi connectivity index (χ1v) is 13.5. The molecular formula is C25H29ClN2O3S2. The summed E-state index contributed by atoms with van der Waals surface area (Å²) in [7, 11) is -3.85. The maximum atomic E-state index is 13.5. The van der Waals surface area contributed by atoms with E-state index in [1.54, 1.807) is 28.4 Å². The SMILES string of the molecule is Cc1ccsc1CN(Cc1ccccc1)C(=O)CN(CC(C)C)S(=O)(=O)c1ccc(Cl)cc1. The number of benzene rings is 2. The van der Waals surface area contributed by atoms with Crippen LogP contribution in [0.15, 0.2) is 70.9 Å². The van der Waals surface area contributed by atoms with Crippen LogP contribution < -0.4 is 0 Å². The number of carbonyl (C=O) groups excluding carboxylic acids is 1. The van der Waals surface area contributed by atoms with Crippen LogP contribution >= 0.6 is 22.9 Å². The molecular weight excluding hydrogens is 476 g/mol. The van der Waals surface area contributed by atoms with Crippen molar-refractivity contribution in [3.8, 4) is 0 Å². The highest BCUT2D eigenvalue weighted by Gasteiger charge is 2.29. The molecule has 0 saturated carbocycles. The van der Waals surface area contributed by atoms with E-state index < -0.39 is 10.0 Å². The molecule has 2 aromatic carbocycles. The van der Waals surface area contributed by atoms with Gasteiger partial charge in [-0.05, 0) is 59.7 Å². The lowest BCUT2D eigenvalue weighted by molar-refractivity contribution is -0.132. The van der Waals surface area contributed by atoms with Crippen LogP contribution in [-0.2, 0) is 27.9 Å². The van der Waals surface area contributed by atoms with Gasteiger partial charge >= 0.3 is 0 Å².